The molecule has 1 amide bonds. The molecule has 0 spiro atoms. The van der Waals surface area contributed by atoms with Crippen LogP contribution >= 0.6 is 0 Å². The van der Waals surface area contributed by atoms with Gasteiger partial charge >= 0.3 is 0 Å². The molecule has 1 aromatic rings. The number of aliphatic hydroxyl groups excluding tert-OH is 1. The topological polar surface area (TPSA) is 110 Å². The second-order valence-electron chi connectivity index (χ2n) is 4.92. The quantitative estimate of drug-likeness (QED) is 0.483. The molecule has 0 unspecified atom stereocenters. The van der Waals surface area contributed by atoms with E-state index in [0.717, 1.165) is 31.4 Å². The van der Waals surface area contributed by atoms with Gasteiger partial charge < -0.3 is 15.7 Å². The highest BCUT2D eigenvalue weighted by Gasteiger charge is 2.33. The maximum absolute atomic E-state index is 13.9. The Morgan fingerprint density at radius 2 is 2.19 bits per heavy atom. The number of carbonyl (C=O) groups excluding carboxylic acids is 1. The molecule has 7 nitrogen and oxygen atoms in total. The molecule has 8 heteroatoms. The van der Waals surface area contributed by atoms with Crippen molar-refractivity contribution in [2.24, 2.45) is 0 Å². The monoisotopic (exact) mass is 297 g/mol. The first-order valence-corrected chi connectivity index (χ1v) is 6.61. The number of nitrogens with two attached hydrogens (primary N) is 1. The van der Waals surface area contributed by atoms with E-state index in [1.54, 1.807) is 0 Å². The zero-order valence-corrected chi connectivity index (χ0v) is 11.3. The Morgan fingerprint density at radius 3 is 2.67 bits per heavy atom. The fourth-order valence-corrected chi connectivity index (χ4v) is 2.36. The zero-order chi connectivity index (χ0) is 15.6. The number of amides is 1. The lowest BCUT2D eigenvalue weighted by molar-refractivity contribution is -0.384. The molecule has 1 aromatic carbocycles. The first-order chi connectivity index (χ1) is 9.97. The van der Waals surface area contributed by atoms with Gasteiger partial charge in [0.25, 0.3) is 11.6 Å². The Morgan fingerprint density at radius 1 is 1.52 bits per heavy atom. The van der Waals surface area contributed by atoms with Crippen LogP contribution in [0.25, 0.3) is 0 Å². The summed E-state index contributed by atoms with van der Waals surface area (Å²) in [7, 11) is 0. The average molecular weight is 297 g/mol. The summed E-state index contributed by atoms with van der Waals surface area (Å²) in [5, 5.41) is 19.9. The molecule has 0 aliphatic heterocycles. The van der Waals surface area contributed by atoms with Gasteiger partial charge in [0, 0.05) is 18.7 Å². The number of nitro benzene ring substituents is 1. The summed E-state index contributed by atoms with van der Waals surface area (Å²) in [6.45, 7) is -0.218. The number of nitrogens with zero attached hydrogens (tertiary/aromatic N) is 2. The molecule has 0 saturated heterocycles. The van der Waals surface area contributed by atoms with E-state index < -0.39 is 33.6 Å². The van der Waals surface area contributed by atoms with Gasteiger partial charge in [0.1, 0.15) is 17.1 Å². The van der Waals surface area contributed by atoms with Crippen LogP contribution in [0.1, 0.15) is 29.6 Å². The lowest BCUT2D eigenvalue weighted by atomic mass is 9.90. The smallest absolute Gasteiger partial charge is 0.293 e. The van der Waals surface area contributed by atoms with Crippen molar-refractivity contribution in [3.05, 3.63) is 33.6 Å². The van der Waals surface area contributed by atoms with Crippen LogP contribution in [0.2, 0.25) is 0 Å². The van der Waals surface area contributed by atoms with E-state index >= 15 is 0 Å². The highest BCUT2D eigenvalue weighted by Crippen LogP contribution is 2.31. The van der Waals surface area contributed by atoms with E-state index in [1.807, 2.05) is 0 Å². The number of aliphatic hydroxyl groups is 1. The molecule has 21 heavy (non-hydrogen) atoms. The van der Waals surface area contributed by atoms with Crippen molar-refractivity contribution in [2.75, 3.05) is 18.9 Å². The van der Waals surface area contributed by atoms with Crippen molar-refractivity contribution in [1.82, 2.24) is 4.90 Å². The van der Waals surface area contributed by atoms with Gasteiger partial charge in [-0.2, -0.15) is 0 Å². The minimum atomic E-state index is -0.898. The average Bonchev–Trinajstić information content (AvgIpc) is 2.35. The van der Waals surface area contributed by atoms with Crippen LogP contribution in [0.15, 0.2) is 12.1 Å². The fraction of sp³-hybridized carbons (Fsp3) is 0.462. The summed E-state index contributed by atoms with van der Waals surface area (Å²) in [4.78, 5) is 23.9. The lowest BCUT2D eigenvalue weighted by Gasteiger charge is -2.37. The Labute approximate surface area is 120 Å². The third-order valence-electron chi connectivity index (χ3n) is 3.70. The predicted molar refractivity (Wildman–Crippen MR) is 73.2 cm³/mol. The maximum atomic E-state index is 13.9. The normalized spacial score (nSPS) is 14.6. The van der Waals surface area contributed by atoms with Gasteiger partial charge in [-0.15, -0.1) is 0 Å². The van der Waals surface area contributed by atoms with E-state index in [1.165, 1.54) is 4.90 Å². The van der Waals surface area contributed by atoms with Gasteiger partial charge in [-0.1, -0.05) is 0 Å². The van der Waals surface area contributed by atoms with Crippen LogP contribution in [-0.4, -0.2) is 40.0 Å². The molecule has 1 aliphatic rings. The van der Waals surface area contributed by atoms with Crippen molar-refractivity contribution in [1.29, 1.82) is 0 Å². The second-order valence-corrected chi connectivity index (χ2v) is 4.92. The number of nitro groups is 1. The largest absolute Gasteiger partial charge is 0.395 e. The summed E-state index contributed by atoms with van der Waals surface area (Å²) in [5.74, 6) is -1.61. The van der Waals surface area contributed by atoms with Crippen LogP contribution in [0.3, 0.4) is 0 Å². The molecule has 0 heterocycles. The molecule has 1 aliphatic carbocycles. The summed E-state index contributed by atoms with van der Waals surface area (Å²) in [6.07, 6.45) is 2.48. The molecule has 3 N–H and O–H groups in total. The van der Waals surface area contributed by atoms with Gasteiger partial charge in [0.2, 0.25) is 0 Å². The maximum Gasteiger partial charge on any atom is 0.293 e. The molecular weight excluding hydrogens is 281 g/mol. The predicted octanol–water partition coefficient (Wildman–Crippen LogP) is 1.30. The van der Waals surface area contributed by atoms with Gasteiger partial charge in [-0.05, 0) is 25.3 Å². The molecule has 0 bridgehead atoms. The van der Waals surface area contributed by atoms with Gasteiger partial charge in [0.05, 0.1) is 11.5 Å². The summed E-state index contributed by atoms with van der Waals surface area (Å²) < 4.78 is 13.9. The summed E-state index contributed by atoms with van der Waals surface area (Å²) in [6, 6.07) is 1.71. The van der Waals surface area contributed by atoms with Gasteiger partial charge in [-0.3, -0.25) is 14.9 Å². The SMILES string of the molecule is Nc1c([N+](=O)[O-])ccc(F)c1C(=O)N(CCO)C1CCC1. The first-order valence-electron chi connectivity index (χ1n) is 6.61. The van der Waals surface area contributed by atoms with Crippen LogP contribution in [-0.2, 0) is 0 Å². The number of nitrogen functional groups attached to an aromatic ring is 1. The van der Waals surface area contributed by atoms with E-state index in [-0.39, 0.29) is 19.2 Å². The molecule has 0 atom stereocenters. The first kappa shape index (κ1) is 15.2. The number of hydrogen-bond acceptors (Lipinski definition) is 5. The third kappa shape index (κ3) is 2.80. The minimum absolute atomic E-state index is 0.0467. The Hall–Kier alpha value is -2.22. The van der Waals surface area contributed by atoms with Crippen molar-refractivity contribution in [3.8, 4) is 0 Å². The van der Waals surface area contributed by atoms with E-state index in [4.69, 9.17) is 10.8 Å². The molecule has 2 rings (SSSR count). The third-order valence-corrected chi connectivity index (χ3v) is 3.70. The number of carbonyl (C=O) groups is 1. The highest BCUT2D eigenvalue weighted by atomic mass is 19.1. The molecular formula is C13H16FN3O4. The van der Waals surface area contributed by atoms with Crippen molar-refractivity contribution in [3.63, 3.8) is 0 Å². The Balaban J connectivity index is 2.41. The van der Waals surface area contributed by atoms with E-state index in [2.05, 4.69) is 0 Å². The van der Waals surface area contributed by atoms with E-state index in [0.29, 0.717) is 0 Å². The minimum Gasteiger partial charge on any atom is -0.395 e. The number of hydrogen-bond donors (Lipinski definition) is 2. The number of rotatable bonds is 5. The van der Waals surface area contributed by atoms with Gasteiger partial charge in [0.15, 0.2) is 0 Å². The Bertz CT molecular complexity index is 575. The Kier molecular flexibility index (Phi) is 4.37. The fourth-order valence-electron chi connectivity index (χ4n) is 2.36. The second kappa shape index (κ2) is 6.04. The standard InChI is InChI=1S/C13H16FN3O4/c14-9-4-5-10(17(20)21)12(15)11(9)13(19)16(6-7-18)8-2-1-3-8/h4-5,8,18H,1-3,6-7,15H2. The molecule has 0 radical (unpaired) electrons. The number of anilines is 1. The lowest BCUT2D eigenvalue weighted by Crippen LogP contribution is -2.46. The molecule has 1 fully saturated rings. The molecule has 114 valence electrons. The zero-order valence-electron chi connectivity index (χ0n) is 11.3. The molecule has 0 aromatic heterocycles. The van der Waals surface area contributed by atoms with Crippen molar-refractivity contribution >= 4 is 17.3 Å². The molecule has 1 saturated carbocycles. The van der Waals surface area contributed by atoms with Crippen LogP contribution in [0.5, 0.6) is 0 Å². The van der Waals surface area contributed by atoms with Gasteiger partial charge in [-0.25, -0.2) is 4.39 Å². The number of halogens is 1. The van der Waals surface area contributed by atoms with E-state index in [9.17, 15) is 19.3 Å². The van der Waals surface area contributed by atoms with Crippen molar-refractivity contribution in [2.45, 2.75) is 25.3 Å². The van der Waals surface area contributed by atoms with Crippen LogP contribution in [0.4, 0.5) is 15.8 Å². The van der Waals surface area contributed by atoms with Crippen molar-refractivity contribution < 1.29 is 19.2 Å². The summed E-state index contributed by atoms with van der Waals surface area (Å²) in [5.41, 5.74) is 4.11. The highest BCUT2D eigenvalue weighted by molar-refractivity contribution is 6.01. The van der Waals surface area contributed by atoms with Crippen LogP contribution < -0.4 is 5.73 Å². The van der Waals surface area contributed by atoms with Crippen LogP contribution in [0, 0.1) is 15.9 Å². The number of benzene rings is 1. The summed E-state index contributed by atoms with van der Waals surface area (Å²) >= 11 is 0.